The fourth-order valence-electron chi connectivity index (χ4n) is 2.40. The lowest BCUT2D eigenvalue weighted by Crippen LogP contribution is -2.48. The molecule has 0 aliphatic rings. The number of hydrogen-bond donors (Lipinski definition) is 2. The Labute approximate surface area is 145 Å². The van der Waals surface area contributed by atoms with Gasteiger partial charge in [0.2, 0.25) is 11.9 Å². The summed E-state index contributed by atoms with van der Waals surface area (Å²) in [5.74, 6) is 0.344. The largest absolute Gasteiger partial charge is 0.318 e. The number of nitrogens with zero attached hydrogens (tertiary/aromatic N) is 2. The number of amides is 1. The SMILES string of the molecule is CCCC(C)(N)C(=O)Nc1nc2cc(Br)ccc2n1CC.Cl. The van der Waals surface area contributed by atoms with E-state index in [1.807, 2.05) is 36.6 Å². The van der Waals surface area contributed by atoms with Gasteiger partial charge < -0.3 is 10.3 Å². The minimum absolute atomic E-state index is 0. The van der Waals surface area contributed by atoms with Crippen molar-refractivity contribution < 1.29 is 4.79 Å². The van der Waals surface area contributed by atoms with Crippen molar-refractivity contribution >= 4 is 51.2 Å². The predicted molar refractivity (Wildman–Crippen MR) is 96.5 cm³/mol. The molecule has 0 aliphatic carbocycles. The maximum absolute atomic E-state index is 12.3. The van der Waals surface area contributed by atoms with Gasteiger partial charge >= 0.3 is 0 Å². The highest BCUT2D eigenvalue weighted by Crippen LogP contribution is 2.24. The highest BCUT2D eigenvalue weighted by atomic mass is 79.9. The molecule has 0 saturated carbocycles. The number of carbonyl (C=O) groups is 1. The number of benzene rings is 1. The Morgan fingerprint density at radius 1 is 1.45 bits per heavy atom. The van der Waals surface area contributed by atoms with Crippen LogP contribution in [0.4, 0.5) is 5.95 Å². The third-order valence-electron chi connectivity index (χ3n) is 3.54. The van der Waals surface area contributed by atoms with Crippen molar-refractivity contribution in [1.29, 1.82) is 0 Å². The van der Waals surface area contributed by atoms with Crippen molar-refractivity contribution in [2.45, 2.75) is 45.7 Å². The molecule has 1 aromatic heterocycles. The van der Waals surface area contributed by atoms with Gasteiger partial charge in [-0.3, -0.25) is 10.1 Å². The topological polar surface area (TPSA) is 72.9 Å². The molecule has 0 bridgehead atoms. The molecule has 22 heavy (non-hydrogen) atoms. The van der Waals surface area contributed by atoms with Gasteiger partial charge in [0.1, 0.15) is 0 Å². The lowest BCUT2D eigenvalue weighted by atomic mass is 9.97. The molecule has 122 valence electrons. The minimum Gasteiger partial charge on any atom is -0.318 e. The van der Waals surface area contributed by atoms with Gasteiger partial charge in [0.15, 0.2) is 0 Å². The van der Waals surface area contributed by atoms with Gasteiger partial charge in [-0.25, -0.2) is 4.98 Å². The van der Waals surface area contributed by atoms with Gasteiger partial charge in [0.25, 0.3) is 0 Å². The third kappa shape index (κ3) is 3.80. The van der Waals surface area contributed by atoms with Gasteiger partial charge in [-0.2, -0.15) is 0 Å². The Hall–Kier alpha value is -1.11. The number of imidazole rings is 1. The Kier molecular flexibility index (Phi) is 6.40. The minimum atomic E-state index is -0.883. The van der Waals surface area contributed by atoms with E-state index in [4.69, 9.17) is 5.73 Å². The first-order chi connectivity index (χ1) is 9.89. The zero-order valence-electron chi connectivity index (χ0n) is 13.0. The van der Waals surface area contributed by atoms with E-state index in [1.54, 1.807) is 6.92 Å². The van der Waals surface area contributed by atoms with Crippen molar-refractivity contribution in [3.8, 4) is 0 Å². The molecule has 0 fully saturated rings. The second kappa shape index (κ2) is 7.44. The average Bonchev–Trinajstić information content (AvgIpc) is 2.74. The van der Waals surface area contributed by atoms with Gasteiger partial charge in [-0.15, -0.1) is 12.4 Å². The number of halogens is 2. The molecule has 0 radical (unpaired) electrons. The Morgan fingerprint density at radius 2 is 2.14 bits per heavy atom. The Morgan fingerprint density at radius 3 is 2.73 bits per heavy atom. The predicted octanol–water partition coefficient (Wildman–Crippen LogP) is 3.70. The second-order valence-electron chi connectivity index (χ2n) is 5.43. The second-order valence-corrected chi connectivity index (χ2v) is 6.35. The van der Waals surface area contributed by atoms with Crippen LogP contribution in [0.1, 0.15) is 33.6 Å². The van der Waals surface area contributed by atoms with Crippen molar-refractivity contribution in [1.82, 2.24) is 9.55 Å². The molecule has 1 heterocycles. The van der Waals surface area contributed by atoms with Crippen molar-refractivity contribution in [2.75, 3.05) is 5.32 Å². The van der Waals surface area contributed by atoms with E-state index in [0.717, 1.165) is 28.5 Å². The van der Waals surface area contributed by atoms with E-state index in [9.17, 15) is 4.79 Å². The van der Waals surface area contributed by atoms with E-state index in [2.05, 4.69) is 26.2 Å². The lowest BCUT2D eigenvalue weighted by Gasteiger charge is -2.22. The summed E-state index contributed by atoms with van der Waals surface area (Å²) in [7, 11) is 0. The third-order valence-corrected chi connectivity index (χ3v) is 4.03. The van der Waals surface area contributed by atoms with Crippen LogP contribution in [-0.4, -0.2) is 21.0 Å². The number of nitrogens with one attached hydrogen (secondary N) is 1. The average molecular weight is 390 g/mol. The number of aryl methyl sites for hydroxylation is 1. The first-order valence-corrected chi connectivity index (χ1v) is 7.94. The van der Waals surface area contributed by atoms with Crippen LogP contribution in [0.25, 0.3) is 11.0 Å². The summed E-state index contributed by atoms with van der Waals surface area (Å²) >= 11 is 3.43. The van der Waals surface area contributed by atoms with Crippen LogP contribution in [0.15, 0.2) is 22.7 Å². The quantitative estimate of drug-likeness (QED) is 0.819. The Balaban J connectivity index is 0.00000242. The molecule has 1 unspecified atom stereocenters. The molecule has 1 aromatic carbocycles. The zero-order valence-corrected chi connectivity index (χ0v) is 15.4. The molecule has 7 heteroatoms. The summed E-state index contributed by atoms with van der Waals surface area (Å²) in [6.45, 7) is 6.51. The summed E-state index contributed by atoms with van der Waals surface area (Å²) in [6.07, 6.45) is 1.49. The molecule has 5 nitrogen and oxygen atoms in total. The summed E-state index contributed by atoms with van der Waals surface area (Å²) in [5, 5.41) is 2.87. The number of carbonyl (C=O) groups excluding carboxylic acids is 1. The fourth-order valence-corrected chi connectivity index (χ4v) is 2.74. The number of nitrogens with two attached hydrogens (primary N) is 1. The van der Waals surface area contributed by atoms with Crippen LogP contribution in [0.2, 0.25) is 0 Å². The van der Waals surface area contributed by atoms with E-state index in [1.165, 1.54) is 0 Å². The van der Waals surface area contributed by atoms with Crippen LogP contribution in [0.5, 0.6) is 0 Å². The van der Waals surface area contributed by atoms with Crippen LogP contribution in [-0.2, 0) is 11.3 Å². The van der Waals surface area contributed by atoms with Crippen LogP contribution in [0.3, 0.4) is 0 Å². The lowest BCUT2D eigenvalue weighted by molar-refractivity contribution is -0.120. The van der Waals surface area contributed by atoms with Gasteiger partial charge in [0.05, 0.1) is 16.6 Å². The number of aromatic nitrogens is 2. The van der Waals surface area contributed by atoms with Gasteiger partial charge in [0, 0.05) is 11.0 Å². The normalized spacial score (nSPS) is 13.5. The van der Waals surface area contributed by atoms with E-state index in [-0.39, 0.29) is 18.3 Å². The first kappa shape index (κ1) is 18.9. The van der Waals surface area contributed by atoms with E-state index in [0.29, 0.717) is 12.4 Å². The summed E-state index contributed by atoms with van der Waals surface area (Å²) < 4.78 is 2.94. The smallest absolute Gasteiger partial charge is 0.246 e. The highest BCUT2D eigenvalue weighted by Gasteiger charge is 2.28. The number of rotatable bonds is 5. The molecule has 0 aliphatic heterocycles. The summed E-state index contributed by atoms with van der Waals surface area (Å²) in [4.78, 5) is 16.8. The maximum atomic E-state index is 12.3. The molecular formula is C15H22BrClN4O. The maximum Gasteiger partial charge on any atom is 0.246 e. The van der Waals surface area contributed by atoms with Crippen molar-refractivity contribution in [3.63, 3.8) is 0 Å². The molecule has 1 atom stereocenters. The number of fused-ring (bicyclic) bond motifs is 1. The van der Waals surface area contributed by atoms with E-state index < -0.39 is 5.54 Å². The standard InChI is InChI=1S/C15H21BrN4O.ClH/c1-4-8-15(3,17)13(21)19-14-18-11-9-10(16)6-7-12(11)20(14)5-2;/h6-7,9H,4-5,8,17H2,1-3H3,(H,18,19,21);1H. The molecule has 3 N–H and O–H groups in total. The monoisotopic (exact) mass is 388 g/mol. The number of hydrogen-bond acceptors (Lipinski definition) is 3. The Bertz CT molecular complexity index is 669. The van der Waals surface area contributed by atoms with Gasteiger partial charge in [-0.05, 0) is 38.5 Å². The summed E-state index contributed by atoms with van der Waals surface area (Å²) in [5.41, 5.74) is 7.02. The molecule has 0 saturated heterocycles. The number of anilines is 1. The fraction of sp³-hybridized carbons (Fsp3) is 0.467. The van der Waals surface area contributed by atoms with Crippen LogP contribution >= 0.6 is 28.3 Å². The van der Waals surface area contributed by atoms with Gasteiger partial charge in [-0.1, -0.05) is 29.3 Å². The molecule has 1 amide bonds. The summed E-state index contributed by atoms with van der Waals surface area (Å²) in [6, 6.07) is 5.88. The highest BCUT2D eigenvalue weighted by molar-refractivity contribution is 9.10. The van der Waals surface area contributed by atoms with Crippen LogP contribution < -0.4 is 11.1 Å². The van der Waals surface area contributed by atoms with E-state index >= 15 is 0 Å². The molecule has 2 rings (SSSR count). The first-order valence-electron chi connectivity index (χ1n) is 7.15. The van der Waals surface area contributed by atoms with Crippen LogP contribution in [0, 0.1) is 0 Å². The van der Waals surface area contributed by atoms with Crippen molar-refractivity contribution in [3.05, 3.63) is 22.7 Å². The zero-order chi connectivity index (χ0) is 15.6. The molecular weight excluding hydrogens is 368 g/mol. The molecule has 0 spiro atoms. The molecule has 2 aromatic rings. The van der Waals surface area contributed by atoms with Crippen molar-refractivity contribution in [2.24, 2.45) is 5.73 Å².